The maximum atomic E-state index is 7.04. The van der Waals surface area contributed by atoms with Gasteiger partial charge in [0.1, 0.15) is 17.3 Å². The van der Waals surface area contributed by atoms with Crippen molar-refractivity contribution in [2.75, 3.05) is 0 Å². The Morgan fingerprint density at radius 2 is 1.53 bits per heavy atom. The third-order valence-corrected chi connectivity index (χ3v) is 13.0. The highest BCUT2D eigenvalue weighted by Gasteiger charge is 2.32. The van der Waals surface area contributed by atoms with Gasteiger partial charge in [0.15, 0.2) is 11.6 Å². The number of aromatic nitrogens is 3. The Kier molecular flexibility index (Phi) is 9.45. The molecule has 0 fully saturated rings. The quantitative estimate of drug-likeness (QED) is 0.156. The number of fused-ring (bicyclic) bond motifs is 6. The zero-order valence-electron chi connectivity index (χ0n) is 32.1. The van der Waals surface area contributed by atoms with Crippen LogP contribution in [0.2, 0.25) is 0 Å². The van der Waals surface area contributed by atoms with Crippen LogP contribution in [-0.4, -0.2) is 21.0 Å². The van der Waals surface area contributed by atoms with Crippen molar-refractivity contribution in [1.29, 1.82) is 0 Å². The number of aryl methyl sites for hydroxylation is 1. The molecule has 57 heavy (non-hydrogen) atoms. The molecular formula is C51H44N4OS. The Morgan fingerprint density at radius 1 is 0.789 bits per heavy atom. The van der Waals surface area contributed by atoms with Crippen LogP contribution in [0.5, 0.6) is 0 Å². The molecule has 4 aliphatic carbocycles. The van der Waals surface area contributed by atoms with E-state index < -0.39 is 0 Å². The van der Waals surface area contributed by atoms with Crippen molar-refractivity contribution >= 4 is 38.6 Å². The Hall–Kier alpha value is -5.95. The van der Waals surface area contributed by atoms with Crippen molar-refractivity contribution in [3.05, 3.63) is 190 Å². The minimum atomic E-state index is -0.217. The molecule has 0 aliphatic heterocycles. The smallest absolute Gasteiger partial charge is 0.163 e. The van der Waals surface area contributed by atoms with E-state index in [0.29, 0.717) is 11.6 Å². The summed E-state index contributed by atoms with van der Waals surface area (Å²) in [6.45, 7) is 2.12. The van der Waals surface area contributed by atoms with Gasteiger partial charge in [-0.2, -0.15) is 0 Å². The zero-order chi connectivity index (χ0) is 38.3. The molecule has 0 radical (unpaired) electrons. The molecule has 3 aromatic carbocycles. The van der Waals surface area contributed by atoms with Crippen LogP contribution in [0.1, 0.15) is 71.0 Å². The lowest BCUT2D eigenvalue weighted by atomic mass is 9.77. The first kappa shape index (κ1) is 35.5. The summed E-state index contributed by atoms with van der Waals surface area (Å²) in [4.78, 5) is 16.5. The fraction of sp³-hybridized carbons (Fsp3) is 0.196. The van der Waals surface area contributed by atoms with Crippen LogP contribution in [0, 0.1) is 5.92 Å². The monoisotopic (exact) mass is 760 g/mol. The van der Waals surface area contributed by atoms with Gasteiger partial charge in [0.2, 0.25) is 0 Å². The first-order chi connectivity index (χ1) is 28.1. The third-order valence-electron chi connectivity index (χ3n) is 11.8. The van der Waals surface area contributed by atoms with Gasteiger partial charge in [-0.05, 0) is 85.3 Å². The Balaban J connectivity index is 1.01. The maximum absolute atomic E-state index is 7.04. The molecule has 6 heteroatoms. The second-order valence-corrected chi connectivity index (χ2v) is 16.4. The summed E-state index contributed by atoms with van der Waals surface area (Å²) in [5, 5.41) is 1.37. The van der Waals surface area contributed by atoms with E-state index in [1.54, 1.807) is 0 Å². The topological polar surface area (TPSA) is 77.8 Å². The van der Waals surface area contributed by atoms with E-state index in [9.17, 15) is 0 Å². The molecule has 0 saturated heterocycles. The Bertz CT molecular complexity index is 2660. The summed E-state index contributed by atoms with van der Waals surface area (Å²) >= 11 is 1.87. The van der Waals surface area contributed by atoms with Crippen LogP contribution in [-0.2, 0) is 19.3 Å². The van der Waals surface area contributed by atoms with Crippen molar-refractivity contribution in [3.8, 4) is 22.8 Å². The van der Waals surface area contributed by atoms with Crippen molar-refractivity contribution in [3.63, 3.8) is 0 Å². The number of hydrogen-bond donors (Lipinski definition) is 1. The summed E-state index contributed by atoms with van der Waals surface area (Å²) in [7, 11) is 0. The van der Waals surface area contributed by atoms with E-state index in [4.69, 9.17) is 25.1 Å². The number of hydrogen-bond acceptors (Lipinski definition) is 6. The summed E-state index contributed by atoms with van der Waals surface area (Å²) < 4.78 is 8.06. The molecule has 3 aromatic heterocycles. The average molecular weight is 761 g/mol. The van der Waals surface area contributed by atoms with E-state index >= 15 is 0 Å². The fourth-order valence-corrected chi connectivity index (χ4v) is 10.2. The first-order valence-electron chi connectivity index (χ1n) is 20.2. The van der Waals surface area contributed by atoms with Crippen LogP contribution in [0.3, 0.4) is 0 Å². The van der Waals surface area contributed by atoms with Crippen LogP contribution in [0.4, 0.5) is 0 Å². The molecule has 3 heterocycles. The number of rotatable bonds is 8. The molecule has 0 saturated carbocycles. The first-order valence-corrected chi connectivity index (χ1v) is 21.0. The molecule has 0 amide bonds. The van der Waals surface area contributed by atoms with Gasteiger partial charge < -0.3 is 10.2 Å². The second-order valence-electron chi connectivity index (χ2n) is 15.3. The van der Waals surface area contributed by atoms with E-state index in [1.165, 1.54) is 42.8 Å². The van der Waals surface area contributed by atoms with Crippen LogP contribution in [0.15, 0.2) is 155 Å². The molecule has 5 nitrogen and oxygen atoms in total. The highest BCUT2D eigenvalue weighted by Crippen LogP contribution is 2.45. The lowest BCUT2D eigenvalue weighted by Crippen LogP contribution is -2.20. The highest BCUT2D eigenvalue weighted by atomic mass is 32.1. The molecule has 0 bridgehead atoms. The van der Waals surface area contributed by atoms with Crippen LogP contribution >= 0.6 is 11.3 Å². The number of benzene rings is 3. The van der Waals surface area contributed by atoms with Gasteiger partial charge in [0.05, 0.1) is 0 Å². The van der Waals surface area contributed by atoms with Gasteiger partial charge in [-0.3, -0.25) is 0 Å². The van der Waals surface area contributed by atoms with E-state index in [1.807, 2.05) is 47.7 Å². The number of allylic oxidation sites excluding steroid dienone is 11. The molecule has 4 aliphatic rings. The SMILES string of the molecule is C/C=C(\C=C/C(N)C1=CCCc2c1sc1ccccc21)C1=CC(C2=CC(c3nc(-c4ccccc4)nc(-c4ccccc4)n3)CC=C2)Cc2c1oc1c2CCC=C1. The molecule has 3 unspecified atom stereocenters. The molecule has 280 valence electrons. The number of thiophene rings is 1. The molecule has 2 N–H and O–H groups in total. The van der Waals surface area contributed by atoms with Gasteiger partial charge in [-0.1, -0.05) is 134 Å². The Morgan fingerprint density at radius 3 is 2.30 bits per heavy atom. The van der Waals surface area contributed by atoms with Gasteiger partial charge in [0.25, 0.3) is 0 Å². The molecular weight excluding hydrogens is 717 g/mol. The van der Waals surface area contributed by atoms with E-state index in [2.05, 4.69) is 116 Å². The average Bonchev–Trinajstić information content (AvgIpc) is 3.86. The number of furan rings is 1. The molecule has 10 rings (SSSR count). The minimum absolute atomic E-state index is 0.0130. The van der Waals surface area contributed by atoms with Gasteiger partial charge in [-0.25, -0.2) is 15.0 Å². The highest BCUT2D eigenvalue weighted by molar-refractivity contribution is 7.20. The van der Waals surface area contributed by atoms with Crippen molar-refractivity contribution in [1.82, 2.24) is 15.0 Å². The van der Waals surface area contributed by atoms with Gasteiger partial charge >= 0.3 is 0 Å². The van der Waals surface area contributed by atoms with Gasteiger partial charge in [-0.15, -0.1) is 11.3 Å². The Labute approximate surface area is 338 Å². The van der Waals surface area contributed by atoms with E-state index in [0.717, 1.165) is 78.1 Å². The lowest BCUT2D eigenvalue weighted by Gasteiger charge is -2.26. The number of nitrogens with zero attached hydrogens (tertiary/aromatic N) is 3. The zero-order valence-corrected chi connectivity index (χ0v) is 32.9. The molecule has 3 atom stereocenters. The minimum Gasteiger partial charge on any atom is -0.456 e. The maximum Gasteiger partial charge on any atom is 0.163 e. The second kappa shape index (κ2) is 15.2. The predicted molar refractivity (Wildman–Crippen MR) is 236 cm³/mol. The fourth-order valence-electron chi connectivity index (χ4n) is 8.89. The standard InChI is InChI=1S/C51H44N4OS/c1-2-32(27-28-44(52)41-24-14-23-40-39-22-10-12-26-46(39)57-48(40)41)42-30-37(31-43-38-21-9-11-25-45(38)56-47(42)43)35-19-13-20-36(29-35)51-54-49(33-15-5-3-6-16-33)53-50(55-51)34-17-7-4-8-18-34/h2-8,10-13,15-19,22,24-30,36-37,44H,9,14,20-21,23,31,52H2,1H3/b28-27-,32-2+. The van der Waals surface area contributed by atoms with Crippen LogP contribution < -0.4 is 5.73 Å². The normalized spacial score (nSPS) is 19.5. The summed E-state index contributed by atoms with van der Waals surface area (Å²) in [5.41, 5.74) is 17.9. The molecule has 6 aromatic rings. The number of nitrogens with two attached hydrogens (primary N) is 1. The van der Waals surface area contributed by atoms with E-state index in [-0.39, 0.29) is 17.9 Å². The van der Waals surface area contributed by atoms with Crippen molar-refractivity contribution in [2.45, 2.75) is 57.4 Å². The summed E-state index contributed by atoms with van der Waals surface area (Å²) in [6.07, 6.45) is 28.6. The predicted octanol–water partition coefficient (Wildman–Crippen LogP) is 12.1. The third kappa shape index (κ3) is 6.73. The largest absolute Gasteiger partial charge is 0.456 e. The lowest BCUT2D eigenvalue weighted by molar-refractivity contribution is 0.530. The molecule has 0 spiro atoms. The van der Waals surface area contributed by atoms with Crippen LogP contribution in [0.25, 0.3) is 50.1 Å². The summed E-state index contributed by atoms with van der Waals surface area (Å²) in [5.74, 6) is 4.34. The van der Waals surface area contributed by atoms with Crippen molar-refractivity contribution < 1.29 is 4.42 Å². The van der Waals surface area contributed by atoms with Crippen molar-refractivity contribution in [2.24, 2.45) is 11.7 Å². The summed E-state index contributed by atoms with van der Waals surface area (Å²) in [6, 6.07) is 29.0. The van der Waals surface area contributed by atoms with Gasteiger partial charge in [0, 0.05) is 55.3 Å².